The summed E-state index contributed by atoms with van der Waals surface area (Å²) in [5.74, 6) is 0.532. The molecule has 1 unspecified atom stereocenters. The minimum atomic E-state index is 0.289. The van der Waals surface area contributed by atoms with Crippen LogP contribution in [0.15, 0.2) is 12.1 Å². The molecule has 0 radical (unpaired) electrons. The van der Waals surface area contributed by atoms with Crippen LogP contribution in [0.3, 0.4) is 0 Å². The molecule has 2 rings (SSSR count). The average Bonchev–Trinajstić information content (AvgIpc) is 2.19. The highest BCUT2D eigenvalue weighted by Gasteiger charge is 2.20. The van der Waals surface area contributed by atoms with Crippen LogP contribution in [0.4, 0.5) is 5.69 Å². The monoisotopic (exact) mass is 205 g/mol. The predicted molar refractivity (Wildman–Crippen MR) is 63.5 cm³/mol. The summed E-state index contributed by atoms with van der Waals surface area (Å²) in [5.41, 5.74) is 5.34. The van der Waals surface area contributed by atoms with Crippen LogP contribution in [-0.4, -0.2) is 18.3 Å². The number of anilines is 1. The van der Waals surface area contributed by atoms with Gasteiger partial charge in [-0.15, -0.1) is 0 Å². The first-order valence-electron chi connectivity index (χ1n) is 5.68. The molecule has 0 aromatic heterocycles. The van der Waals surface area contributed by atoms with Gasteiger partial charge in [-0.1, -0.05) is 17.7 Å². The molecule has 1 heterocycles. The lowest BCUT2D eigenvalue weighted by Crippen LogP contribution is -2.18. The van der Waals surface area contributed by atoms with Gasteiger partial charge in [0.2, 0.25) is 0 Å². The molecule has 1 aromatic carbocycles. The largest absolute Gasteiger partial charge is 0.396 e. The van der Waals surface area contributed by atoms with E-state index in [1.165, 1.54) is 22.4 Å². The van der Waals surface area contributed by atoms with Gasteiger partial charge in [0.05, 0.1) is 0 Å². The molecule has 1 atom stereocenters. The Kier molecular flexibility index (Phi) is 2.96. The van der Waals surface area contributed by atoms with Gasteiger partial charge in [-0.3, -0.25) is 0 Å². The number of hydrogen-bond acceptors (Lipinski definition) is 2. The third-order valence-electron chi connectivity index (χ3n) is 3.22. The van der Waals surface area contributed by atoms with Crippen molar-refractivity contribution in [1.82, 2.24) is 0 Å². The van der Waals surface area contributed by atoms with Gasteiger partial charge in [0.1, 0.15) is 0 Å². The van der Waals surface area contributed by atoms with Crippen LogP contribution in [0.2, 0.25) is 0 Å². The molecule has 1 aliphatic heterocycles. The van der Waals surface area contributed by atoms with Crippen molar-refractivity contribution in [3.8, 4) is 0 Å². The van der Waals surface area contributed by atoms with Crippen LogP contribution >= 0.6 is 0 Å². The second-order valence-electron chi connectivity index (χ2n) is 4.47. The van der Waals surface area contributed by atoms with Gasteiger partial charge in [0.25, 0.3) is 0 Å². The average molecular weight is 205 g/mol. The Balaban J connectivity index is 2.41. The third kappa shape index (κ3) is 2.00. The second kappa shape index (κ2) is 4.23. The smallest absolute Gasteiger partial charge is 0.0436 e. The molecule has 0 spiro atoms. The SMILES string of the molecule is Cc1cc(C)c2c(c1)C(CCO)CCN2. The van der Waals surface area contributed by atoms with E-state index < -0.39 is 0 Å². The van der Waals surface area contributed by atoms with Crippen LogP contribution < -0.4 is 5.32 Å². The molecule has 0 saturated carbocycles. The molecule has 2 N–H and O–H groups in total. The summed E-state index contributed by atoms with van der Waals surface area (Å²) in [6, 6.07) is 4.47. The van der Waals surface area contributed by atoms with Gasteiger partial charge in [0, 0.05) is 18.8 Å². The summed E-state index contributed by atoms with van der Waals surface area (Å²) in [4.78, 5) is 0. The molecular formula is C13H19NO. The van der Waals surface area contributed by atoms with Crippen molar-refractivity contribution < 1.29 is 5.11 Å². The Labute approximate surface area is 91.3 Å². The zero-order chi connectivity index (χ0) is 10.8. The van der Waals surface area contributed by atoms with Crippen LogP contribution in [0.5, 0.6) is 0 Å². The van der Waals surface area contributed by atoms with Gasteiger partial charge in [-0.2, -0.15) is 0 Å². The molecular weight excluding hydrogens is 186 g/mol. The van der Waals surface area contributed by atoms with E-state index in [1.807, 2.05) is 0 Å². The lowest BCUT2D eigenvalue weighted by molar-refractivity contribution is 0.273. The third-order valence-corrected chi connectivity index (χ3v) is 3.22. The molecule has 2 nitrogen and oxygen atoms in total. The molecule has 0 saturated heterocycles. The Bertz CT molecular complexity index is 360. The van der Waals surface area contributed by atoms with Crippen LogP contribution in [0, 0.1) is 13.8 Å². The summed E-state index contributed by atoms with van der Waals surface area (Å²) in [6.45, 7) is 5.61. The lowest BCUT2D eigenvalue weighted by atomic mass is 9.86. The topological polar surface area (TPSA) is 32.3 Å². The summed E-state index contributed by atoms with van der Waals surface area (Å²) in [7, 11) is 0. The Hall–Kier alpha value is -1.02. The number of nitrogens with one attached hydrogen (secondary N) is 1. The number of rotatable bonds is 2. The van der Waals surface area contributed by atoms with Crippen molar-refractivity contribution in [2.24, 2.45) is 0 Å². The fourth-order valence-electron chi connectivity index (χ4n) is 2.55. The van der Waals surface area contributed by atoms with Gasteiger partial charge in [0.15, 0.2) is 0 Å². The molecule has 15 heavy (non-hydrogen) atoms. The number of aliphatic hydroxyl groups is 1. The number of aryl methyl sites for hydroxylation is 2. The van der Waals surface area contributed by atoms with Crippen molar-refractivity contribution in [2.75, 3.05) is 18.5 Å². The Morgan fingerprint density at radius 2 is 2.20 bits per heavy atom. The minimum absolute atomic E-state index is 0.289. The highest BCUT2D eigenvalue weighted by molar-refractivity contribution is 5.61. The van der Waals surface area contributed by atoms with Gasteiger partial charge in [-0.05, 0) is 43.7 Å². The first-order chi connectivity index (χ1) is 7.22. The fraction of sp³-hybridized carbons (Fsp3) is 0.538. The molecule has 82 valence electrons. The summed E-state index contributed by atoms with van der Waals surface area (Å²) in [5, 5.41) is 12.5. The molecule has 2 heteroatoms. The maximum atomic E-state index is 9.06. The van der Waals surface area contributed by atoms with Crippen molar-refractivity contribution in [3.05, 3.63) is 28.8 Å². The highest BCUT2D eigenvalue weighted by Crippen LogP contribution is 2.36. The minimum Gasteiger partial charge on any atom is -0.396 e. The zero-order valence-corrected chi connectivity index (χ0v) is 9.51. The molecule has 0 aliphatic carbocycles. The van der Waals surface area contributed by atoms with Crippen LogP contribution in [0.1, 0.15) is 35.4 Å². The summed E-state index contributed by atoms with van der Waals surface area (Å²) in [6.07, 6.45) is 2.02. The predicted octanol–water partition coefficient (Wildman–Crippen LogP) is 2.59. The van der Waals surface area contributed by atoms with Gasteiger partial charge >= 0.3 is 0 Å². The first kappa shape index (κ1) is 10.5. The summed E-state index contributed by atoms with van der Waals surface area (Å²) < 4.78 is 0. The van der Waals surface area contributed by atoms with E-state index >= 15 is 0 Å². The first-order valence-corrected chi connectivity index (χ1v) is 5.68. The van der Waals surface area contributed by atoms with E-state index in [2.05, 4.69) is 31.3 Å². The van der Waals surface area contributed by atoms with Crippen molar-refractivity contribution in [2.45, 2.75) is 32.6 Å². The summed E-state index contributed by atoms with van der Waals surface area (Å²) >= 11 is 0. The molecule has 0 amide bonds. The van der Waals surface area contributed by atoms with E-state index in [0.29, 0.717) is 5.92 Å². The second-order valence-corrected chi connectivity index (χ2v) is 4.47. The molecule has 0 bridgehead atoms. The maximum Gasteiger partial charge on any atom is 0.0436 e. The fourth-order valence-corrected chi connectivity index (χ4v) is 2.55. The molecule has 0 fully saturated rings. The number of hydrogen-bond donors (Lipinski definition) is 2. The van der Waals surface area contributed by atoms with Crippen molar-refractivity contribution in [3.63, 3.8) is 0 Å². The maximum absolute atomic E-state index is 9.06. The number of fused-ring (bicyclic) bond motifs is 1. The van der Waals surface area contributed by atoms with Crippen LogP contribution in [-0.2, 0) is 0 Å². The number of benzene rings is 1. The van der Waals surface area contributed by atoms with E-state index in [9.17, 15) is 0 Å². The van der Waals surface area contributed by atoms with Crippen LogP contribution in [0.25, 0.3) is 0 Å². The standard InChI is InChI=1S/C13H19NO/c1-9-7-10(2)13-12(8-9)11(4-6-15)3-5-14-13/h7-8,11,14-15H,3-6H2,1-2H3. The normalized spacial score (nSPS) is 19.5. The van der Waals surface area contributed by atoms with Gasteiger partial charge in [-0.25, -0.2) is 0 Å². The quantitative estimate of drug-likeness (QED) is 0.777. The highest BCUT2D eigenvalue weighted by atomic mass is 16.3. The molecule has 1 aliphatic rings. The van der Waals surface area contributed by atoms with E-state index in [0.717, 1.165) is 19.4 Å². The zero-order valence-electron chi connectivity index (χ0n) is 9.51. The van der Waals surface area contributed by atoms with Gasteiger partial charge < -0.3 is 10.4 Å². The lowest BCUT2D eigenvalue weighted by Gasteiger charge is -2.28. The Morgan fingerprint density at radius 3 is 2.93 bits per heavy atom. The molecule has 1 aromatic rings. The Morgan fingerprint density at radius 1 is 1.40 bits per heavy atom. The number of aliphatic hydroxyl groups excluding tert-OH is 1. The van der Waals surface area contributed by atoms with Crippen molar-refractivity contribution >= 4 is 5.69 Å². The van der Waals surface area contributed by atoms with E-state index in [4.69, 9.17) is 5.11 Å². The van der Waals surface area contributed by atoms with E-state index in [1.54, 1.807) is 0 Å². The van der Waals surface area contributed by atoms with E-state index in [-0.39, 0.29) is 6.61 Å². The van der Waals surface area contributed by atoms with Crippen molar-refractivity contribution in [1.29, 1.82) is 0 Å².